The highest BCUT2D eigenvalue weighted by Gasteiger charge is 2.33. The van der Waals surface area contributed by atoms with Gasteiger partial charge in [-0.25, -0.2) is 0 Å². The molecule has 4 atom stereocenters. The number of nitrogens with one attached hydrogen (secondary N) is 1. The summed E-state index contributed by atoms with van der Waals surface area (Å²) < 4.78 is 0. The lowest BCUT2D eigenvalue weighted by Gasteiger charge is -2.24. The first kappa shape index (κ1) is 22.0. The maximum atomic E-state index is 11.6. The van der Waals surface area contributed by atoms with Gasteiger partial charge in [-0.1, -0.05) is 35.4 Å². The van der Waals surface area contributed by atoms with Gasteiger partial charge in [0.05, 0.1) is 6.61 Å². The molecule has 0 aromatic carbocycles. The highest BCUT2D eigenvalue weighted by molar-refractivity contribution is 8.76. The quantitative estimate of drug-likeness (QED) is 0.193. The summed E-state index contributed by atoms with van der Waals surface area (Å²) in [4.78, 5) is 11.6. The van der Waals surface area contributed by atoms with Crippen LogP contribution in [0.5, 0.6) is 0 Å². The number of carbonyl (C=O) groups is 1. The Morgan fingerprint density at radius 3 is 2.18 bits per heavy atom. The number of hydrogen-bond donors (Lipinski definition) is 6. The molecule has 132 valence electrons. The van der Waals surface area contributed by atoms with Crippen LogP contribution in [0.15, 0.2) is 0 Å². The van der Waals surface area contributed by atoms with E-state index < -0.39 is 36.9 Å². The first-order valence-electron chi connectivity index (χ1n) is 7.16. The Labute approximate surface area is 138 Å². The van der Waals surface area contributed by atoms with Crippen LogP contribution in [0.2, 0.25) is 0 Å². The molecule has 0 heterocycles. The van der Waals surface area contributed by atoms with Crippen molar-refractivity contribution in [3.63, 3.8) is 0 Å². The Kier molecular flexibility index (Phi) is 12.4. The molecule has 0 spiro atoms. The van der Waals surface area contributed by atoms with Gasteiger partial charge in [-0.05, 0) is 12.3 Å². The van der Waals surface area contributed by atoms with Gasteiger partial charge in [-0.3, -0.25) is 4.79 Å². The molecule has 0 fully saturated rings. The summed E-state index contributed by atoms with van der Waals surface area (Å²) in [6, 6.07) is 0. The maximum Gasteiger partial charge on any atom is 0.251 e. The second kappa shape index (κ2) is 12.4. The Balaban J connectivity index is 3.87. The van der Waals surface area contributed by atoms with Gasteiger partial charge in [0.1, 0.15) is 18.3 Å². The number of rotatable bonds is 12. The van der Waals surface area contributed by atoms with E-state index in [1.54, 1.807) is 21.6 Å². The van der Waals surface area contributed by atoms with Crippen molar-refractivity contribution >= 4 is 27.5 Å². The van der Waals surface area contributed by atoms with Crippen molar-refractivity contribution in [2.45, 2.75) is 44.7 Å². The van der Waals surface area contributed by atoms with E-state index in [0.717, 1.165) is 12.2 Å². The molecule has 7 nitrogen and oxygen atoms in total. The van der Waals surface area contributed by atoms with Crippen molar-refractivity contribution in [3.8, 4) is 0 Å². The van der Waals surface area contributed by atoms with Crippen LogP contribution in [0.3, 0.4) is 0 Å². The summed E-state index contributed by atoms with van der Waals surface area (Å²) in [6.45, 7) is 3.85. The molecule has 0 aromatic rings. The number of hydrogen-bond acceptors (Lipinski definition) is 8. The van der Waals surface area contributed by atoms with E-state index >= 15 is 0 Å². The molecule has 0 radical (unpaired) electrons. The van der Waals surface area contributed by atoms with E-state index in [-0.39, 0.29) is 0 Å². The molecule has 9 heteroatoms. The highest BCUT2D eigenvalue weighted by Crippen LogP contribution is 2.22. The van der Waals surface area contributed by atoms with Crippen LogP contribution in [0.25, 0.3) is 0 Å². The summed E-state index contributed by atoms with van der Waals surface area (Å²) in [5.74, 6) is 1.51. The average molecular weight is 357 g/mol. The maximum absolute atomic E-state index is 11.6. The van der Waals surface area contributed by atoms with E-state index in [1.807, 2.05) is 0 Å². The standard InChI is InChI=1S/C13H27NO6S2/c1-8(2)3-5-21-22-6-4-14-13(20)12(19)11(18)10(17)9(16)7-15/h8-12,15-19H,3-7H2,1-2H3,(H,14,20)/t9-,10-,11+,12-/m1/s1. The van der Waals surface area contributed by atoms with Gasteiger partial charge in [-0.15, -0.1) is 0 Å². The number of aliphatic hydroxyl groups excluding tert-OH is 5. The van der Waals surface area contributed by atoms with Crippen molar-refractivity contribution in [3.05, 3.63) is 0 Å². The van der Waals surface area contributed by atoms with Crippen molar-refractivity contribution < 1.29 is 30.3 Å². The predicted molar refractivity (Wildman–Crippen MR) is 88.5 cm³/mol. The smallest absolute Gasteiger partial charge is 0.251 e. The van der Waals surface area contributed by atoms with E-state index in [2.05, 4.69) is 19.2 Å². The van der Waals surface area contributed by atoms with Crippen LogP contribution in [-0.4, -0.2) is 80.5 Å². The van der Waals surface area contributed by atoms with Crippen LogP contribution in [-0.2, 0) is 4.79 Å². The third kappa shape index (κ3) is 9.19. The van der Waals surface area contributed by atoms with Crippen LogP contribution >= 0.6 is 21.6 Å². The molecule has 0 rings (SSSR count). The largest absolute Gasteiger partial charge is 0.394 e. The summed E-state index contributed by atoms with van der Waals surface area (Å²) in [7, 11) is 3.32. The normalized spacial score (nSPS) is 17.1. The molecule has 0 saturated carbocycles. The molecule has 0 aliphatic heterocycles. The summed E-state index contributed by atoms with van der Waals surface area (Å²) in [5.41, 5.74) is 0. The second-order valence-electron chi connectivity index (χ2n) is 5.29. The van der Waals surface area contributed by atoms with E-state index in [4.69, 9.17) is 10.2 Å². The molecule has 0 bridgehead atoms. The summed E-state index contributed by atoms with van der Waals surface area (Å²) in [6.07, 6.45) is -6.03. The second-order valence-corrected chi connectivity index (χ2v) is 8.00. The van der Waals surface area contributed by atoms with Crippen LogP contribution in [0, 0.1) is 5.92 Å². The molecule has 0 aliphatic carbocycles. The average Bonchev–Trinajstić information content (AvgIpc) is 2.50. The SMILES string of the molecule is CC(C)CCSSCCNC(=O)[C@H](O)[C@@H](O)[C@H](O)[C@H](O)CO. The fraction of sp³-hybridized carbons (Fsp3) is 0.923. The zero-order chi connectivity index (χ0) is 17.1. The molecule has 6 N–H and O–H groups in total. The third-order valence-corrected chi connectivity index (χ3v) is 5.31. The van der Waals surface area contributed by atoms with Crippen LogP contribution in [0.4, 0.5) is 0 Å². The van der Waals surface area contributed by atoms with E-state index in [1.165, 1.54) is 0 Å². The number of aliphatic hydroxyl groups is 5. The van der Waals surface area contributed by atoms with Gasteiger partial charge in [0.25, 0.3) is 5.91 Å². The fourth-order valence-corrected chi connectivity index (χ4v) is 3.63. The lowest BCUT2D eigenvalue weighted by molar-refractivity contribution is -0.148. The minimum Gasteiger partial charge on any atom is -0.394 e. The van der Waals surface area contributed by atoms with Crippen LogP contribution in [0.1, 0.15) is 20.3 Å². The third-order valence-electron chi connectivity index (χ3n) is 2.87. The highest BCUT2D eigenvalue weighted by atomic mass is 33.1. The monoisotopic (exact) mass is 357 g/mol. The van der Waals surface area contributed by atoms with Gasteiger partial charge in [0.2, 0.25) is 0 Å². The van der Waals surface area contributed by atoms with Gasteiger partial charge in [-0.2, -0.15) is 0 Å². The van der Waals surface area contributed by atoms with Crippen molar-refractivity contribution in [1.82, 2.24) is 5.32 Å². The minimum atomic E-state index is -1.87. The Morgan fingerprint density at radius 1 is 1.05 bits per heavy atom. The van der Waals surface area contributed by atoms with Gasteiger partial charge >= 0.3 is 0 Å². The lowest BCUT2D eigenvalue weighted by Crippen LogP contribution is -2.51. The molecule has 0 aromatic heterocycles. The van der Waals surface area contributed by atoms with Gasteiger partial charge in [0, 0.05) is 18.1 Å². The topological polar surface area (TPSA) is 130 Å². The molecular formula is C13H27NO6S2. The molecular weight excluding hydrogens is 330 g/mol. The van der Waals surface area contributed by atoms with Gasteiger partial charge in [0.15, 0.2) is 6.10 Å². The van der Waals surface area contributed by atoms with E-state index in [9.17, 15) is 20.1 Å². The fourth-order valence-electron chi connectivity index (χ4n) is 1.40. The van der Waals surface area contributed by atoms with Crippen molar-refractivity contribution in [2.75, 3.05) is 24.7 Å². The van der Waals surface area contributed by atoms with Crippen molar-refractivity contribution in [1.29, 1.82) is 0 Å². The molecule has 1 amide bonds. The summed E-state index contributed by atoms with van der Waals surface area (Å²) in [5, 5.41) is 48.8. The van der Waals surface area contributed by atoms with Gasteiger partial charge < -0.3 is 30.8 Å². The zero-order valence-corrected chi connectivity index (χ0v) is 14.5. The van der Waals surface area contributed by atoms with Crippen molar-refractivity contribution in [2.24, 2.45) is 5.92 Å². The van der Waals surface area contributed by atoms with Crippen LogP contribution < -0.4 is 5.32 Å². The first-order valence-corrected chi connectivity index (χ1v) is 9.65. The lowest BCUT2D eigenvalue weighted by atomic mass is 10.0. The first-order chi connectivity index (χ1) is 10.3. The van der Waals surface area contributed by atoms with E-state index in [0.29, 0.717) is 18.2 Å². The zero-order valence-electron chi connectivity index (χ0n) is 12.9. The Hall–Kier alpha value is -0.0300. The predicted octanol–water partition coefficient (Wildman–Crippen LogP) is -1.03. The minimum absolute atomic E-state index is 0.320. The molecule has 22 heavy (non-hydrogen) atoms. The number of carbonyl (C=O) groups excluding carboxylic acids is 1. The molecule has 0 unspecified atom stereocenters. The molecule has 0 aliphatic rings. The number of amides is 1. The Bertz CT molecular complexity index is 308. The Morgan fingerprint density at radius 2 is 1.64 bits per heavy atom. The molecule has 0 saturated heterocycles. The summed E-state index contributed by atoms with van der Waals surface area (Å²) >= 11 is 0.